The Morgan fingerprint density at radius 1 is 1.22 bits per heavy atom. The zero-order valence-electron chi connectivity index (χ0n) is 11.6. The van der Waals surface area contributed by atoms with Crippen LogP contribution in [-0.2, 0) is 0 Å². The Morgan fingerprint density at radius 3 is 2.44 bits per heavy atom. The van der Waals surface area contributed by atoms with Crippen LogP contribution in [0.15, 0.2) is 6.07 Å². The van der Waals surface area contributed by atoms with Gasteiger partial charge in [0.15, 0.2) is 0 Å². The fourth-order valence-electron chi connectivity index (χ4n) is 2.41. The molecule has 2 heterocycles. The number of hydrogen-bond donors (Lipinski definition) is 1. The van der Waals surface area contributed by atoms with Gasteiger partial charge in [-0.2, -0.15) is 0 Å². The summed E-state index contributed by atoms with van der Waals surface area (Å²) < 4.78 is 0. The number of nitrogens with zero attached hydrogens (tertiary/aromatic N) is 4. The van der Waals surface area contributed by atoms with Crippen molar-refractivity contribution in [3.63, 3.8) is 0 Å². The van der Waals surface area contributed by atoms with Crippen LogP contribution in [-0.4, -0.2) is 47.6 Å². The van der Waals surface area contributed by atoms with Gasteiger partial charge in [0.25, 0.3) is 0 Å². The molecule has 1 saturated heterocycles. The molecule has 2 N–H and O–H groups in total. The highest BCUT2D eigenvalue weighted by molar-refractivity contribution is 5.47. The molecule has 0 saturated carbocycles. The van der Waals surface area contributed by atoms with Gasteiger partial charge in [-0.05, 0) is 12.8 Å². The van der Waals surface area contributed by atoms with Crippen molar-refractivity contribution in [3.8, 4) is 0 Å². The summed E-state index contributed by atoms with van der Waals surface area (Å²) in [6.07, 6.45) is 0. The van der Waals surface area contributed by atoms with Gasteiger partial charge in [-0.3, -0.25) is 4.90 Å². The van der Waals surface area contributed by atoms with E-state index in [1.165, 1.54) is 6.54 Å². The summed E-state index contributed by atoms with van der Waals surface area (Å²) in [6, 6.07) is 1.87. The van der Waals surface area contributed by atoms with E-state index >= 15 is 0 Å². The lowest BCUT2D eigenvalue weighted by Gasteiger charge is -2.36. The van der Waals surface area contributed by atoms with E-state index in [0.29, 0.717) is 5.82 Å². The Bertz CT molecular complexity index is 376. The summed E-state index contributed by atoms with van der Waals surface area (Å²) >= 11 is 0. The number of anilines is 2. The smallest absolute Gasteiger partial charge is 0.134 e. The molecule has 1 aromatic rings. The van der Waals surface area contributed by atoms with E-state index in [4.69, 9.17) is 5.73 Å². The molecule has 1 aliphatic rings. The number of rotatable bonds is 3. The molecular formula is C13H23N5. The highest BCUT2D eigenvalue weighted by atomic mass is 15.3. The van der Waals surface area contributed by atoms with Gasteiger partial charge >= 0.3 is 0 Å². The van der Waals surface area contributed by atoms with E-state index in [-0.39, 0.29) is 0 Å². The lowest BCUT2D eigenvalue weighted by atomic mass is 10.2. The zero-order valence-corrected chi connectivity index (χ0v) is 11.6. The second-order valence-corrected chi connectivity index (χ2v) is 5.38. The van der Waals surface area contributed by atoms with Gasteiger partial charge in [0.1, 0.15) is 17.5 Å². The Labute approximate surface area is 109 Å². The highest BCUT2D eigenvalue weighted by Gasteiger charge is 2.18. The summed E-state index contributed by atoms with van der Waals surface area (Å²) in [5.41, 5.74) is 5.77. The van der Waals surface area contributed by atoms with Crippen LogP contribution >= 0.6 is 0 Å². The molecule has 1 aromatic heterocycles. The quantitative estimate of drug-likeness (QED) is 0.870. The van der Waals surface area contributed by atoms with Gasteiger partial charge in [-0.15, -0.1) is 0 Å². The van der Waals surface area contributed by atoms with Crippen molar-refractivity contribution in [2.45, 2.75) is 20.8 Å². The van der Waals surface area contributed by atoms with Crippen LogP contribution in [0.5, 0.6) is 0 Å². The fourth-order valence-corrected chi connectivity index (χ4v) is 2.41. The van der Waals surface area contributed by atoms with Crippen LogP contribution in [0, 0.1) is 12.8 Å². The molecular weight excluding hydrogens is 226 g/mol. The van der Waals surface area contributed by atoms with Crippen molar-refractivity contribution >= 4 is 11.6 Å². The van der Waals surface area contributed by atoms with Crippen molar-refractivity contribution in [2.24, 2.45) is 5.92 Å². The van der Waals surface area contributed by atoms with Gasteiger partial charge in [-0.25, -0.2) is 9.97 Å². The van der Waals surface area contributed by atoms with Crippen LogP contribution < -0.4 is 10.6 Å². The van der Waals surface area contributed by atoms with E-state index in [0.717, 1.165) is 43.7 Å². The molecule has 1 fully saturated rings. The molecule has 18 heavy (non-hydrogen) atoms. The summed E-state index contributed by atoms with van der Waals surface area (Å²) in [5.74, 6) is 2.99. The van der Waals surface area contributed by atoms with Crippen molar-refractivity contribution in [1.82, 2.24) is 14.9 Å². The maximum atomic E-state index is 5.77. The van der Waals surface area contributed by atoms with Gasteiger partial charge < -0.3 is 10.6 Å². The third kappa shape index (κ3) is 3.32. The van der Waals surface area contributed by atoms with E-state index < -0.39 is 0 Å². The van der Waals surface area contributed by atoms with E-state index in [1.807, 2.05) is 13.0 Å². The second-order valence-electron chi connectivity index (χ2n) is 5.38. The summed E-state index contributed by atoms with van der Waals surface area (Å²) in [7, 11) is 0. The molecule has 0 spiro atoms. The minimum atomic E-state index is 0.558. The van der Waals surface area contributed by atoms with Gasteiger partial charge in [0.2, 0.25) is 0 Å². The Balaban J connectivity index is 1.96. The molecule has 1 aliphatic heterocycles. The third-order valence-electron chi connectivity index (χ3n) is 3.16. The minimum absolute atomic E-state index is 0.558. The van der Waals surface area contributed by atoms with Crippen LogP contribution in [0.4, 0.5) is 11.6 Å². The lowest BCUT2D eigenvalue weighted by Crippen LogP contribution is -2.47. The number of piperazine rings is 1. The zero-order chi connectivity index (χ0) is 13.1. The van der Waals surface area contributed by atoms with Gasteiger partial charge in [0.05, 0.1) is 0 Å². The first-order valence-corrected chi connectivity index (χ1v) is 6.63. The monoisotopic (exact) mass is 249 g/mol. The second kappa shape index (κ2) is 5.52. The SMILES string of the molecule is Cc1nc(N)cc(N2CCN(CC(C)C)CC2)n1. The topological polar surface area (TPSA) is 58.3 Å². The van der Waals surface area contributed by atoms with E-state index in [1.54, 1.807) is 0 Å². The van der Waals surface area contributed by atoms with Crippen molar-refractivity contribution in [2.75, 3.05) is 43.4 Å². The van der Waals surface area contributed by atoms with Crippen molar-refractivity contribution in [3.05, 3.63) is 11.9 Å². The maximum absolute atomic E-state index is 5.77. The average molecular weight is 249 g/mol. The third-order valence-corrected chi connectivity index (χ3v) is 3.16. The standard InChI is InChI=1S/C13H23N5/c1-10(2)9-17-4-6-18(7-5-17)13-8-12(14)15-11(3)16-13/h8,10H,4-7,9H2,1-3H3,(H2,14,15,16). The first kappa shape index (κ1) is 13.1. The Morgan fingerprint density at radius 2 is 1.89 bits per heavy atom. The predicted octanol–water partition coefficient (Wildman–Crippen LogP) is 1.15. The molecule has 100 valence electrons. The van der Waals surface area contributed by atoms with Crippen molar-refractivity contribution < 1.29 is 0 Å². The van der Waals surface area contributed by atoms with Gasteiger partial charge in [0, 0.05) is 38.8 Å². The number of nitrogens with two attached hydrogens (primary N) is 1. The number of hydrogen-bond acceptors (Lipinski definition) is 5. The first-order valence-electron chi connectivity index (χ1n) is 6.63. The van der Waals surface area contributed by atoms with Crippen LogP contribution in [0.3, 0.4) is 0 Å². The van der Waals surface area contributed by atoms with E-state index in [2.05, 4.69) is 33.6 Å². The lowest BCUT2D eigenvalue weighted by molar-refractivity contribution is 0.231. The largest absolute Gasteiger partial charge is 0.384 e. The van der Waals surface area contributed by atoms with Crippen LogP contribution in [0.25, 0.3) is 0 Å². The van der Waals surface area contributed by atoms with Gasteiger partial charge in [-0.1, -0.05) is 13.8 Å². The minimum Gasteiger partial charge on any atom is -0.384 e. The molecule has 0 bridgehead atoms. The van der Waals surface area contributed by atoms with Crippen LogP contribution in [0.2, 0.25) is 0 Å². The molecule has 0 amide bonds. The number of aromatic nitrogens is 2. The Hall–Kier alpha value is -1.36. The molecule has 0 aromatic carbocycles. The molecule has 2 rings (SSSR count). The highest BCUT2D eigenvalue weighted by Crippen LogP contribution is 2.16. The average Bonchev–Trinajstić information content (AvgIpc) is 2.27. The molecule has 5 nitrogen and oxygen atoms in total. The normalized spacial score (nSPS) is 17.4. The number of nitrogen functional groups attached to an aromatic ring is 1. The molecule has 0 radical (unpaired) electrons. The predicted molar refractivity (Wildman–Crippen MR) is 74.7 cm³/mol. The molecule has 0 aliphatic carbocycles. The molecule has 5 heteroatoms. The molecule has 0 unspecified atom stereocenters. The summed E-state index contributed by atoms with van der Waals surface area (Å²) in [4.78, 5) is 13.4. The van der Waals surface area contributed by atoms with E-state index in [9.17, 15) is 0 Å². The van der Waals surface area contributed by atoms with Crippen LogP contribution in [0.1, 0.15) is 19.7 Å². The maximum Gasteiger partial charge on any atom is 0.134 e. The Kier molecular flexibility index (Phi) is 4.01. The van der Waals surface area contributed by atoms with Crippen molar-refractivity contribution in [1.29, 1.82) is 0 Å². The number of aryl methyl sites for hydroxylation is 1. The summed E-state index contributed by atoms with van der Waals surface area (Å²) in [5, 5.41) is 0. The first-order chi connectivity index (χ1) is 8.54. The fraction of sp³-hybridized carbons (Fsp3) is 0.692. The molecule has 0 atom stereocenters. The summed E-state index contributed by atoms with van der Waals surface area (Å²) in [6.45, 7) is 11.8.